The summed E-state index contributed by atoms with van der Waals surface area (Å²) in [6.45, 7) is 4.09. The van der Waals surface area contributed by atoms with Gasteiger partial charge in [-0.2, -0.15) is 9.97 Å². The summed E-state index contributed by atoms with van der Waals surface area (Å²) < 4.78 is 5.52. The molecule has 3 rings (SSSR count). The summed E-state index contributed by atoms with van der Waals surface area (Å²) in [6, 6.07) is 8.82. The Morgan fingerprint density at radius 3 is 2.83 bits per heavy atom. The monoisotopic (exact) mass is 326 g/mol. The van der Waals surface area contributed by atoms with Gasteiger partial charge in [0.15, 0.2) is 0 Å². The van der Waals surface area contributed by atoms with Crippen molar-refractivity contribution < 1.29 is 4.74 Å². The normalized spacial score (nSPS) is 11.0. The van der Waals surface area contributed by atoms with Crippen molar-refractivity contribution in [2.24, 2.45) is 0 Å². The molecule has 8 heteroatoms. The summed E-state index contributed by atoms with van der Waals surface area (Å²) in [6.07, 6.45) is -0.0225. The molecule has 3 aromatic rings. The first kappa shape index (κ1) is 15.7. The largest absolute Gasteiger partial charge is 0.475 e. The fourth-order valence-electron chi connectivity index (χ4n) is 2.23. The third-order valence-electron chi connectivity index (χ3n) is 3.18. The van der Waals surface area contributed by atoms with E-state index in [1.807, 2.05) is 19.9 Å². The van der Waals surface area contributed by atoms with E-state index in [2.05, 4.69) is 25.3 Å². The summed E-state index contributed by atoms with van der Waals surface area (Å²) in [5, 5.41) is 3.62. The van der Waals surface area contributed by atoms with Crippen molar-refractivity contribution in [1.29, 1.82) is 0 Å². The number of hydrogen-bond donors (Lipinski definition) is 3. The van der Waals surface area contributed by atoms with Crippen molar-refractivity contribution in [3.8, 4) is 5.88 Å². The minimum absolute atomic E-state index is 0.0225. The quantitative estimate of drug-likeness (QED) is 0.653. The molecule has 0 aliphatic heterocycles. The molecule has 8 nitrogen and oxygen atoms in total. The van der Waals surface area contributed by atoms with E-state index in [1.54, 1.807) is 24.3 Å². The van der Waals surface area contributed by atoms with E-state index in [-0.39, 0.29) is 24.2 Å². The molecule has 0 saturated carbocycles. The zero-order chi connectivity index (χ0) is 17.1. The number of ether oxygens (including phenoxy) is 1. The number of rotatable bonds is 5. The van der Waals surface area contributed by atoms with Crippen LogP contribution in [0.3, 0.4) is 0 Å². The number of nitrogen functional groups attached to an aromatic ring is 1. The molecule has 124 valence electrons. The van der Waals surface area contributed by atoms with E-state index in [0.717, 1.165) is 0 Å². The molecule has 0 radical (unpaired) electrons. The Bertz CT molecular complexity index is 922. The maximum Gasteiger partial charge on any atom is 0.258 e. The molecule has 2 aromatic heterocycles. The summed E-state index contributed by atoms with van der Waals surface area (Å²) in [7, 11) is 0. The smallest absolute Gasteiger partial charge is 0.258 e. The van der Waals surface area contributed by atoms with Crippen molar-refractivity contribution in [1.82, 2.24) is 19.9 Å². The van der Waals surface area contributed by atoms with Crippen molar-refractivity contribution in [2.45, 2.75) is 26.5 Å². The van der Waals surface area contributed by atoms with Crippen LogP contribution in [0.25, 0.3) is 10.9 Å². The van der Waals surface area contributed by atoms with E-state index in [0.29, 0.717) is 28.4 Å². The van der Waals surface area contributed by atoms with E-state index < -0.39 is 0 Å². The number of fused-ring (bicyclic) bond motifs is 1. The van der Waals surface area contributed by atoms with Crippen LogP contribution in [0.5, 0.6) is 5.88 Å². The molecule has 0 spiro atoms. The molecule has 0 aliphatic carbocycles. The molecular formula is C16H18N6O2. The van der Waals surface area contributed by atoms with Crippen LogP contribution in [0.4, 0.5) is 11.8 Å². The van der Waals surface area contributed by atoms with Gasteiger partial charge in [0.05, 0.1) is 23.6 Å². The van der Waals surface area contributed by atoms with Crippen LogP contribution in [0.1, 0.15) is 19.7 Å². The van der Waals surface area contributed by atoms with Gasteiger partial charge in [0, 0.05) is 6.07 Å². The van der Waals surface area contributed by atoms with Crippen LogP contribution in [-0.2, 0) is 6.54 Å². The van der Waals surface area contributed by atoms with Crippen molar-refractivity contribution >= 4 is 22.7 Å². The number of aromatic amines is 1. The fourth-order valence-corrected chi connectivity index (χ4v) is 2.23. The van der Waals surface area contributed by atoms with Crippen LogP contribution < -0.4 is 21.3 Å². The first-order valence-electron chi connectivity index (χ1n) is 7.54. The van der Waals surface area contributed by atoms with E-state index in [9.17, 15) is 4.79 Å². The second-order valence-corrected chi connectivity index (χ2v) is 5.50. The van der Waals surface area contributed by atoms with Gasteiger partial charge in [-0.25, -0.2) is 4.98 Å². The minimum atomic E-state index is -0.177. The van der Waals surface area contributed by atoms with Gasteiger partial charge in [0.25, 0.3) is 5.56 Å². The Morgan fingerprint density at radius 1 is 1.25 bits per heavy atom. The molecule has 0 bridgehead atoms. The number of benzene rings is 1. The molecule has 0 saturated heterocycles. The minimum Gasteiger partial charge on any atom is -0.475 e. The first-order chi connectivity index (χ1) is 11.5. The van der Waals surface area contributed by atoms with Crippen LogP contribution in [-0.4, -0.2) is 26.0 Å². The Labute approximate surface area is 138 Å². The third-order valence-corrected chi connectivity index (χ3v) is 3.18. The summed E-state index contributed by atoms with van der Waals surface area (Å²) in [5.41, 5.74) is 6.15. The van der Waals surface area contributed by atoms with E-state index in [1.165, 1.54) is 0 Å². The Kier molecular flexibility index (Phi) is 4.28. The Balaban J connectivity index is 1.81. The lowest BCUT2D eigenvalue weighted by Crippen LogP contribution is -2.15. The van der Waals surface area contributed by atoms with Gasteiger partial charge in [-0.05, 0) is 26.0 Å². The van der Waals surface area contributed by atoms with Crippen LogP contribution in [0.2, 0.25) is 0 Å². The molecule has 0 amide bonds. The predicted molar refractivity (Wildman–Crippen MR) is 91.9 cm³/mol. The highest BCUT2D eigenvalue weighted by Gasteiger charge is 2.07. The first-order valence-corrected chi connectivity index (χ1v) is 7.54. The highest BCUT2D eigenvalue weighted by Crippen LogP contribution is 2.16. The molecule has 4 N–H and O–H groups in total. The third kappa shape index (κ3) is 3.60. The molecule has 1 aromatic carbocycles. The number of nitrogens with one attached hydrogen (secondary N) is 2. The maximum atomic E-state index is 12.1. The van der Waals surface area contributed by atoms with Crippen LogP contribution in [0.15, 0.2) is 35.1 Å². The highest BCUT2D eigenvalue weighted by atomic mass is 16.5. The van der Waals surface area contributed by atoms with Gasteiger partial charge >= 0.3 is 0 Å². The number of hydrogen-bond acceptors (Lipinski definition) is 7. The number of anilines is 2. The number of nitrogens with two attached hydrogens (primary N) is 1. The Morgan fingerprint density at radius 2 is 2.04 bits per heavy atom. The average molecular weight is 326 g/mol. The van der Waals surface area contributed by atoms with Gasteiger partial charge in [0.2, 0.25) is 11.8 Å². The number of aromatic nitrogens is 4. The maximum absolute atomic E-state index is 12.1. The van der Waals surface area contributed by atoms with Gasteiger partial charge in [-0.15, -0.1) is 0 Å². The van der Waals surface area contributed by atoms with E-state index >= 15 is 0 Å². The summed E-state index contributed by atoms with van der Waals surface area (Å²) in [4.78, 5) is 27.3. The molecule has 0 fully saturated rings. The van der Waals surface area contributed by atoms with Gasteiger partial charge in [-0.1, -0.05) is 12.1 Å². The lowest BCUT2D eigenvalue weighted by atomic mass is 10.2. The molecular weight excluding hydrogens is 308 g/mol. The highest BCUT2D eigenvalue weighted by molar-refractivity contribution is 5.77. The predicted octanol–water partition coefficient (Wildman–Crippen LogP) is 1.69. The molecule has 2 heterocycles. The summed E-state index contributed by atoms with van der Waals surface area (Å²) in [5.74, 6) is 1.49. The lowest BCUT2D eigenvalue weighted by Gasteiger charge is -2.11. The van der Waals surface area contributed by atoms with Crippen molar-refractivity contribution in [3.05, 3.63) is 46.5 Å². The summed E-state index contributed by atoms with van der Waals surface area (Å²) >= 11 is 0. The lowest BCUT2D eigenvalue weighted by molar-refractivity contribution is 0.233. The van der Waals surface area contributed by atoms with Gasteiger partial charge < -0.3 is 20.8 Å². The van der Waals surface area contributed by atoms with Crippen molar-refractivity contribution in [2.75, 3.05) is 11.1 Å². The zero-order valence-electron chi connectivity index (χ0n) is 13.4. The topological polar surface area (TPSA) is 119 Å². The Hall–Kier alpha value is -3.16. The average Bonchev–Trinajstić information content (AvgIpc) is 2.52. The number of H-pyrrole nitrogens is 1. The van der Waals surface area contributed by atoms with Crippen LogP contribution >= 0.6 is 0 Å². The number of para-hydroxylation sites is 1. The second kappa shape index (κ2) is 6.53. The number of nitrogens with zero attached hydrogens (tertiary/aromatic N) is 3. The molecule has 0 unspecified atom stereocenters. The molecule has 0 aliphatic rings. The zero-order valence-corrected chi connectivity index (χ0v) is 13.4. The standard InChI is InChI=1S/C16H18N6O2/c1-9(2)24-14-7-12(21-16(17)22-14)18-8-13-19-11-6-4-3-5-10(11)15(23)20-13/h3-7,9H,8H2,1-2H3,(H,19,20,23)(H3,17,18,21,22). The van der Waals surface area contributed by atoms with E-state index in [4.69, 9.17) is 10.5 Å². The SMILES string of the molecule is CC(C)Oc1cc(NCc2nc3ccccc3c(=O)[nH]2)nc(N)n1. The van der Waals surface area contributed by atoms with Crippen LogP contribution in [0, 0.1) is 0 Å². The van der Waals surface area contributed by atoms with Gasteiger partial charge in [0.1, 0.15) is 11.6 Å². The fraction of sp³-hybridized carbons (Fsp3) is 0.250. The molecule has 24 heavy (non-hydrogen) atoms. The van der Waals surface area contributed by atoms with Crippen molar-refractivity contribution in [3.63, 3.8) is 0 Å². The van der Waals surface area contributed by atoms with Gasteiger partial charge in [-0.3, -0.25) is 4.79 Å². The second-order valence-electron chi connectivity index (χ2n) is 5.50. The molecule has 0 atom stereocenters.